The molecule has 0 N–H and O–H groups in total. The number of thiol groups is 1. The number of aromatic nitrogens is 2. The third-order valence-electron chi connectivity index (χ3n) is 3.33. The average Bonchev–Trinajstić information content (AvgIpc) is 2.62. The molecule has 22 heavy (non-hydrogen) atoms. The molecular formula is C19H16N2S. The van der Waals surface area contributed by atoms with E-state index in [2.05, 4.69) is 46.9 Å². The molecule has 2 heterocycles. The maximum Gasteiger partial charge on any atom is 0.0705 e. The van der Waals surface area contributed by atoms with Gasteiger partial charge in [-0.1, -0.05) is 48.5 Å². The van der Waals surface area contributed by atoms with Crippen LogP contribution >= 0.6 is 12.6 Å². The maximum atomic E-state index is 4.42. The average molecular weight is 304 g/mol. The Labute approximate surface area is 135 Å². The number of hydrogen-bond acceptors (Lipinski definition) is 3. The molecule has 0 unspecified atom stereocenters. The lowest BCUT2D eigenvalue weighted by Crippen LogP contribution is -1.84. The Morgan fingerprint density at radius 1 is 0.682 bits per heavy atom. The van der Waals surface area contributed by atoms with Gasteiger partial charge in [-0.15, -0.1) is 0 Å². The molecule has 0 aliphatic rings. The number of para-hydroxylation sites is 2. The number of pyridine rings is 2. The first kappa shape index (κ1) is 14.5. The largest absolute Gasteiger partial charge is 0.256 e. The lowest BCUT2D eigenvalue weighted by molar-refractivity contribution is 1.23. The van der Waals surface area contributed by atoms with Crippen molar-refractivity contribution < 1.29 is 0 Å². The standard InChI is InChI=1S/C10H9NS.C9H7N/c12-7-9-6-5-8-3-1-2-4-10(8)11-9;1-2-6-9-8(4-1)5-3-7-10-9/h1-6,12H,7H2;1-7H. The third-order valence-corrected chi connectivity index (χ3v) is 3.65. The number of fused-ring (bicyclic) bond motifs is 2. The van der Waals surface area contributed by atoms with Crippen LogP contribution < -0.4 is 0 Å². The highest BCUT2D eigenvalue weighted by atomic mass is 32.1. The van der Waals surface area contributed by atoms with E-state index >= 15 is 0 Å². The zero-order valence-electron chi connectivity index (χ0n) is 12.1. The van der Waals surface area contributed by atoms with Gasteiger partial charge in [0.05, 0.1) is 16.7 Å². The molecule has 0 saturated heterocycles. The van der Waals surface area contributed by atoms with Crippen LogP contribution in [-0.2, 0) is 5.75 Å². The van der Waals surface area contributed by atoms with Gasteiger partial charge < -0.3 is 0 Å². The second-order valence-corrected chi connectivity index (χ2v) is 5.17. The fraction of sp³-hybridized carbons (Fsp3) is 0.0526. The number of rotatable bonds is 1. The molecule has 108 valence electrons. The quantitative estimate of drug-likeness (QED) is 0.506. The second kappa shape index (κ2) is 7.05. The molecule has 0 radical (unpaired) electrons. The molecule has 2 aromatic heterocycles. The zero-order chi connectivity index (χ0) is 15.2. The third kappa shape index (κ3) is 3.43. The summed E-state index contributed by atoms with van der Waals surface area (Å²) in [5, 5.41) is 2.38. The monoisotopic (exact) mass is 304 g/mol. The summed E-state index contributed by atoms with van der Waals surface area (Å²) in [7, 11) is 0. The fourth-order valence-corrected chi connectivity index (χ4v) is 2.39. The van der Waals surface area contributed by atoms with Gasteiger partial charge in [0, 0.05) is 22.7 Å². The van der Waals surface area contributed by atoms with Crippen LogP contribution in [0.25, 0.3) is 21.8 Å². The number of nitrogens with zero attached hydrogens (tertiary/aromatic N) is 2. The summed E-state index contributed by atoms with van der Waals surface area (Å²) in [4.78, 5) is 8.60. The highest BCUT2D eigenvalue weighted by Crippen LogP contribution is 2.12. The predicted octanol–water partition coefficient (Wildman–Crippen LogP) is 4.90. The first-order chi connectivity index (χ1) is 10.9. The maximum absolute atomic E-state index is 4.42. The first-order valence-corrected chi connectivity index (χ1v) is 7.75. The predicted molar refractivity (Wildman–Crippen MR) is 96.2 cm³/mol. The molecule has 0 bridgehead atoms. The smallest absolute Gasteiger partial charge is 0.0705 e. The number of hydrogen-bond donors (Lipinski definition) is 1. The minimum Gasteiger partial charge on any atom is -0.256 e. The Kier molecular flexibility index (Phi) is 4.66. The topological polar surface area (TPSA) is 25.8 Å². The van der Waals surface area contributed by atoms with Gasteiger partial charge in [0.25, 0.3) is 0 Å². The van der Waals surface area contributed by atoms with E-state index in [0.29, 0.717) is 5.75 Å². The zero-order valence-corrected chi connectivity index (χ0v) is 12.9. The Hall–Kier alpha value is -2.39. The number of benzene rings is 2. The summed E-state index contributed by atoms with van der Waals surface area (Å²) in [6, 6.07) is 24.3. The minimum absolute atomic E-state index is 0.699. The van der Waals surface area contributed by atoms with E-state index in [1.54, 1.807) is 0 Å². The van der Waals surface area contributed by atoms with Crippen LogP contribution in [0.4, 0.5) is 0 Å². The minimum atomic E-state index is 0.699. The van der Waals surface area contributed by atoms with Gasteiger partial charge in [0.2, 0.25) is 0 Å². The molecule has 0 fully saturated rings. The summed E-state index contributed by atoms with van der Waals surface area (Å²) < 4.78 is 0. The van der Waals surface area contributed by atoms with Crippen LogP contribution in [0, 0.1) is 0 Å². The van der Waals surface area contributed by atoms with Gasteiger partial charge in [-0.3, -0.25) is 9.97 Å². The Morgan fingerprint density at radius 2 is 1.32 bits per heavy atom. The molecule has 0 aliphatic heterocycles. The highest BCUT2D eigenvalue weighted by molar-refractivity contribution is 7.79. The Bertz CT molecular complexity index is 825. The molecule has 3 heteroatoms. The van der Waals surface area contributed by atoms with Gasteiger partial charge in [-0.25, -0.2) is 0 Å². The Morgan fingerprint density at radius 3 is 2.05 bits per heavy atom. The van der Waals surface area contributed by atoms with E-state index in [-0.39, 0.29) is 0 Å². The molecule has 0 aliphatic carbocycles. The van der Waals surface area contributed by atoms with Gasteiger partial charge in [0.15, 0.2) is 0 Å². The van der Waals surface area contributed by atoms with Crippen molar-refractivity contribution >= 4 is 34.4 Å². The van der Waals surface area contributed by atoms with Crippen LogP contribution in [0.1, 0.15) is 5.69 Å². The van der Waals surface area contributed by atoms with Gasteiger partial charge in [0.1, 0.15) is 0 Å². The van der Waals surface area contributed by atoms with Crippen molar-refractivity contribution in [3.63, 3.8) is 0 Å². The molecule has 0 amide bonds. The van der Waals surface area contributed by atoms with Crippen LogP contribution in [0.5, 0.6) is 0 Å². The summed E-state index contributed by atoms with van der Waals surface area (Å²) in [5.41, 5.74) is 3.13. The van der Waals surface area contributed by atoms with Crippen molar-refractivity contribution in [2.24, 2.45) is 0 Å². The first-order valence-electron chi connectivity index (χ1n) is 7.12. The van der Waals surface area contributed by atoms with Crippen molar-refractivity contribution in [2.45, 2.75) is 5.75 Å². The van der Waals surface area contributed by atoms with Crippen LogP contribution in [0.2, 0.25) is 0 Å². The van der Waals surface area contributed by atoms with Crippen LogP contribution in [0.15, 0.2) is 79.0 Å². The normalized spacial score (nSPS) is 10.2. The van der Waals surface area contributed by atoms with Crippen LogP contribution in [0.3, 0.4) is 0 Å². The van der Waals surface area contributed by atoms with E-state index in [0.717, 1.165) is 16.7 Å². The van der Waals surface area contributed by atoms with Crippen molar-refractivity contribution in [1.82, 2.24) is 9.97 Å². The van der Waals surface area contributed by atoms with Gasteiger partial charge >= 0.3 is 0 Å². The van der Waals surface area contributed by atoms with E-state index < -0.39 is 0 Å². The van der Waals surface area contributed by atoms with Crippen molar-refractivity contribution in [3.05, 3.63) is 84.7 Å². The molecule has 2 aromatic carbocycles. The highest BCUT2D eigenvalue weighted by Gasteiger charge is 1.94. The molecule has 2 nitrogen and oxygen atoms in total. The molecule has 0 spiro atoms. The molecule has 0 atom stereocenters. The molecule has 4 aromatic rings. The van der Waals surface area contributed by atoms with E-state index in [1.807, 2.05) is 54.7 Å². The lowest BCUT2D eigenvalue weighted by Gasteiger charge is -1.98. The van der Waals surface area contributed by atoms with Crippen LogP contribution in [-0.4, -0.2) is 9.97 Å². The summed E-state index contributed by atoms with van der Waals surface area (Å²) in [5.74, 6) is 0.699. The van der Waals surface area contributed by atoms with Crippen molar-refractivity contribution in [2.75, 3.05) is 0 Å². The lowest BCUT2D eigenvalue weighted by atomic mass is 10.2. The van der Waals surface area contributed by atoms with E-state index in [1.165, 1.54) is 10.8 Å². The Balaban J connectivity index is 0.000000133. The van der Waals surface area contributed by atoms with E-state index in [9.17, 15) is 0 Å². The van der Waals surface area contributed by atoms with Gasteiger partial charge in [-0.05, 0) is 24.3 Å². The fourth-order valence-electron chi connectivity index (χ4n) is 2.21. The van der Waals surface area contributed by atoms with Crippen molar-refractivity contribution in [1.29, 1.82) is 0 Å². The summed E-state index contributed by atoms with van der Waals surface area (Å²) in [6.07, 6.45) is 1.81. The summed E-state index contributed by atoms with van der Waals surface area (Å²) >= 11 is 4.17. The summed E-state index contributed by atoms with van der Waals surface area (Å²) in [6.45, 7) is 0. The van der Waals surface area contributed by atoms with Crippen molar-refractivity contribution in [3.8, 4) is 0 Å². The second-order valence-electron chi connectivity index (χ2n) is 4.85. The van der Waals surface area contributed by atoms with Gasteiger partial charge in [-0.2, -0.15) is 12.6 Å². The molecular weight excluding hydrogens is 288 g/mol. The molecule has 4 rings (SSSR count). The molecule has 0 saturated carbocycles. The SMILES string of the molecule is SCc1ccc2ccccc2n1.c1ccc2ncccc2c1. The van der Waals surface area contributed by atoms with E-state index in [4.69, 9.17) is 0 Å².